The van der Waals surface area contributed by atoms with E-state index >= 15 is 0 Å². The fourth-order valence-electron chi connectivity index (χ4n) is 2.36. The van der Waals surface area contributed by atoms with Gasteiger partial charge in [-0.05, 0) is 37.8 Å². The summed E-state index contributed by atoms with van der Waals surface area (Å²) in [6.07, 6.45) is 1.38. The monoisotopic (exact) mass is 314 g/mol. The molecule has 1 heterocycles. The summed E-state index contributed by atoms with van der Waals surface area (Å²) < 4.78 is 34.0. The molecule has 1 aromatic rings. The summed E-state index contributed by atoms with van der Waals surface area (Å²) in [4.78, 5) is 0. The van der Waals surface area contributed by atoms with Crippen LogP contribution in [0.4, 0.5) is 5.69 Å². The van der Waals surface area contributed by atoms with Crippen molar-refractivity contribution >= 4 is 15.9 Å². The molecule has 7 heteroatoms. The van der Waals surface area contributed by atoms with E-state index in [1.165, 1.54) is 4.31 Å². The van der Waals surface area contributed by atoms with Crippen LogP contribution in [0, 0.1) is 5.92 Å². The van der Waals surface area contributed by atoms with Gasteiger partial charge >= 0.3 is 10.2 Å². The highest BCUT2D eigenvalue weighted by atomic mass is 32.2. The van der Waals surface area contributed by atoms with Crippen molar-refractivity contribution in [3.8, 4) is 5.75 Å². The van der Waals surface area contributed by atoms with E-state index in [9.17, 15) is 8.42 Å². The largest absolute Gasteiger partial charge is 0.494 e. The van der Waals surface area contributed by atoms with E-state index in [2.05, 4.69) is 4.72 Å². The van der Waals surface area contributed by atoms with Crippen LogP contribution in [0.5, 0.6) is 5.75 Å². The standard InChI is InChI=1S/C14H22N2O4S/c1-2-20-14-5-3-4-13(10-14)15-21(18,19)16-8-6-12(11-17)7-9-16/h3-5,10,12,15,17H,2,6-9,11H2,1H3. The lowest BCUT2D eigenvalue weighted by Crippen LogP contribution is -2.42. The Morgan fingerprint density at radius 3 is 2.71 bits per heavy atom. The Hall–Kier alpha value is -1.31. The fraction of sp³-hybridized carbons (Fsp3) is 0.571. The van der Waals surface area contributed by atoms with Crippen molar-refractivity contribution in [2.24, 2.45) is 5.92 Å². The van der Waals surface area contributed by atoms with Crippen LogP contribution >= 0.6 is 0 Å². The van der Waals surface area contributed by atoms with Crippen molar-refractivity contribution < 1.29 is 18.3 Å². The number of nitrogens with one attached hydrogen (secondary N) is 1. The summed E-state index contributed by atoms with van der Waals surface area (Å²) in [5, 5.41) is 9.10. The van der Waals surface area contributed by atoms with Crippen molar-refractivity contribution in [2.45, 2.75) is 19.8 Å². The molecule has 0 bridgehead atoms. The number of anilines is 1. The van der Waals surface area contributed by atoms with Crippen molar-refractivity contribution in [3.05, 3.63) is 24.3 Å². The van der Waals surface area contributed by atoms with E-state index in [0.29, 0.717) is 44.0 Å². The van der Waals surface area contributed by atoms with Gasteiger partial charge in [-0.15, -0.1) is 0 Å². The molecule has 2 rings (SSSR count). The summed E-state index contributed by atoms with van der Waals surface area (Å²) in [7, 11) is -3.55. The third-order valence-corrected chi connectivity index (χ3v) is 5.10. The number of benzene rings is 1. The first kappa shape index (κ1) is 16.1. The molecule has 118 valence electrons. The lowest BCUT2D eigenvalue weighted by Gasteiger charge is -2.30. The van der Waals surface area contributed by atoms with Crippen LogP contribution in [-0.4, -0.2) is 44.1 Å². The Kier molecular flexibility index (Phi) is 5.44. The smallest absolute Gasteiger partial charge is 0.301 e. The zero-order valence-corrected chi connectivity index (χ0v) is 13.0. The lowest BCUT2D eigenvalue weighted by molar-refractivity contribution is 0.170. The van der Waals surface area contributed by atoms with Gasteiger partial charge < -0.3 is 9.84 Å². The highest BCUT2D eigenvalue weighted by Gasteiger charge is 2.27. The van der Waals surface area contributed by atoms with E-state index in [1.807, 2.05) is 6.92 Å². The predicted molar refractivity (Wildman–Crippen MR) is 81.5 cm³/mol. The molecule has 0 amide bonds. The molecule has 2 N–H and O–H groups in total. The number of hydrogen-bond acceptors (Lipinski definition) is 4. The van der Waals surface area contributed by atoms with E-state index in [-0.39, 0.29) is 12.5 Å². The van der Waals surface area contributed by atoms with Gasteiger partial charge in [0.2, 0.25) is 0 Å². The fourth-order valence-corrected chi connectivity index (χ4v) is 3.61. The van der Waals surface area contributed by atoms with Crippen LogP contribution in [0.25, 0.3) is 0 Å². The van der Waals surface area contributed by atoms with E-state index in [0.717, 1.165) is 0 Å². The Balaban J connectivity index is 2.02. The van der Waals surface area contributed by atoms with Gasteiger partial charge in [0.25, 0.3) is 0 Å². The highest BCUT2D eigenvalue weighted by molar-refractivity contribution is 7.90. The summed E-state index contributed by atoms with van der Waals surface area (Å²) in [5.74, 6) is 0.842. The molecule has 1 aromatic carbocycles. The second-order valence-electron chi connectivity index (χ2n) is 5.09. The third kappa shape index (κ3) is 4.33. The second kappa shape index (κ2) is 7.11. The Bertz CT molecular complexity index is 554. The quantitative estimate of drug-likeness (QED) is 0.833. The lowest BCUT2D eigenvalue weighted by atomic mass is 10.00. The minimum Gasteiger partial charge on any atom is -0.494 e. The Morgan fingerprint density at radius 1 is 1.38 bits per heavy atom. The number of ether oxygens (including phenoxy) is 1. The molecule has 0 radical (unpaired) electrons. The molecular formula is C14H22N2O4S. The van der Waals surface area contributed by atoms with Crippen LogP contribution in [0.2, 0.25) is 0 Å². The van der Waals surface area contributed by atoms with Gasteiger partial charge in [0, 0.05) is 25.8 Å². The van der Waals surface area contributed by atoms with Crippen LogP contribution in [0.1, 0.15) is 19.8 Å². The SMILES string of the molecule is CCOc1cccc(NS(=O)(=O)N2CCC(CO)CC2)c1. The van der Waals surface area contributed by atoms with Crippen molar-refractivity contribution in [2.75, 3.05) is 31.0 Å². The number of hydrogen-bond donors (Lipinski definition) is 2. The highest BCUT2D eigenvalue weighted by Crippen LogP contribution is 2.22. The number of aliphatic hydroxyl groups excluding tert-OH is 1. The van der Waals surface area contributed by atoms with Gasteiger partial charge in [-0.2, -0.15) is 12.7 Å². The summed E-state index contributed by atoms with van der Waals surface area (Å²) in [5.41, 5.74) is 0.491. The molecule has 0 unspecified atom stereocenters. The van der Waals surface area contributed by atoms with Crippen molar-refractivity contribution in [3.63, 3.8) is 0 Å². The van der Waals surface area contributed by atoms with Gasteiger partial charge in [-0.3, -0.25) is 4.72 Å². The maximum atomic E-state index is 12.3. The molecule has 21 heavy (non-hydrogen) atoms. The maximum absolute atomic E-state index is 12.3. The first-order valence-corrected chi connectivity index (χ1v) is 8.60. The number of rotatable bonds is 6. The number of piperidine rings is 1. The molecule has 1 aliphatic heterocycles. The second-order valence-corrected chi connectivity index (χ2v) is 6.76. The van der Waals surface area contributed by atoms with E-state index in [1.54, 1.807) is 24.3 Å². The molecule has 1 aliphatic rings. The average molecular weight is 314 g/mol. The molecule has 1 saturated heterocycles. The first-order chi connectivity index (χ1) is 10.0. The molecule has 0 spiro atoms. The molecule has 6 nitrogen and oxygen atoms in total. The Labute approximate surface area is 125 Å². The van der Waals surface area contributed by atoms with Crippen LogP contribution < -0.4 is 9.46 Å². The van der Waals surface area contributed by atoms with Gasteiger partial charge in [0.15, 0.2) is 0 Å². The first-order valence-electron chi connectivity index (χ1n) is 7.16. The molecule has 0 aromatic heterocycles. The van der Waals surface area contributed by atoms with Crippen LogP contribution in [-0.2, 0) is 10.2 Å². The Morgan fingerprint density at radius 2 is 2.10 bits per heavy atom. The van der Waals surface area contributed by atoms with Gasteiger partial charge in [-0.1, -0.05) is 6.07 Å². The minimum absolute atomic E-state index is 0.123. The topological polar surface area (TPSA) is 78.9 Å². The predicted octanol–water partition coefficient (Wildman–Crippen LogP) is 1.45. The summed E-state index contributed by atoms with van der Waals surface area (Å²) in [6, 6.07) is 6.90. The molecule has 0 atom stereocenters. The zero-order chi connectivity index (χ0) is 15.3. The molecule has 0 aliphatic carbocycles. The minimum atomic E-state index is -3.55. The third-order valence-electron chi connectivity index (χ3n) is 3.56. The average Bonchev–Trinajstić information content (AvgIpc) is 2.47. The molecule has 1 fully saturated rings. The number of nitrogens with zero attached hydrogens (tertiary/aromatic N) is 1. The summed E-state index contributed by atoms with van der Waals surface area (Å²) >= 11 is 0. The van der Waals surface area contributed by atoms with Crippen molar-refractivity contribution in [1.29, 1.82) is 0 Å². The van der Waals surface area contributed by atoms with E-state index in [4.69, 9.17) is 9.84 Å². The summed E-state index contributed by atoms with van der Waals surface area (Å²) in [6.45, 7) is 3.40. The maximum Gasteiger partial charge on any atom is 0.301 e. The van der Waals surface area contributed by atoms with Gasteiger partial charge in [0.05, 0.1) is 12.3 Å². The molecule has 0 saturated carbocycles. The van der Waals surface area contributed by atoms with E-state index < -0.39 is 10.2 Å². The zero-order valence-electron chi connectivity index (χ0n) is 12.2. The van der Waals surface area contributed by atoms with Crippen LogP contribution in [0.15, 0.2) is 24.3 Å². The number of aliphatic hydroxyl groups is 1. The normalized spacial score (nSPS) is 17.6. The molecular weight excluding hydrogens is 292 g/mol. The van der Waals surface area contributed by atoms with Crippen molar-refractivity contribution in [1.82, 2.24) is 4.31 Å². The van der Waals surface area contributed by atoms with Gasteiger partial charge in [-0.25, -0.2) is 0 Å². The van der Waals surface area contributed by atoms with Crippen LogP contribution in [0.3, 0.4) is 0 Å². The van der Waals surface area contributed by atoms with Gasteiger partial charge in [0.1, 0.15) is 5.75 Å².